The molecule has 26 heavy (non-hydrogen) atoms. The molecule has 0 radical (unpaired) electrons. The van der Waals surface area contributed by atoms with Crippen LogP contribution in [0.15, 0.2) is 42.6 Å². The molecule has 2 saturated heterocycles. The van der Waals surface area contributed by atoms with Gasteiger partial charge in [-0.25, -0.2) is 9.50 Å². The third kappa shape index (κ3) is 2.29. The fourth-order valence-electron chi connectivity index (χ4n) is 4.26. The summed E-state index contributed by atoms with van der Waals surface area (Å²) >= 11 is 0. The Hall–Kier alpha value is -2.89. The quantitative estimate of drug-likeness (QED) is 0.773. The predicted octanol–water partition coefficient (Wildman–Crippen LogP) is 2.42. The van der Waals surface area contributed by atoms with Crippen LogP contribution in [0.3, 0.4) is 0 Å². The largest absolute Gasteiger partial charge is 0.354 e. The highest BCUT2D eigenvalue weighted by Crippen LogP contribution is 2.33. The van der Waals surface area contributed by atoms with E-state index in [-0.39, 0.29) is 17.9 Å². The lowest BCUT2D eigenvalue weighted by Gasteiger charge is -2.37. The SMILES string of the molecule is Cc1cnn2c(-c3ccccc3)cc(N3CCC[C@H]4C(=O)NC[C@H]43)nc12. The van der Waals surface area contributed by atoms with E-state index in [4.69, 9.17) is 4.98 Å². The van der Waals surface area contributed by atoms with Crippen molar-refractivity contribution < 1.29 is 4.79 Å². The molecule has 2 fully saturated rings. The molecular weight excluding hydrogens is 326 g/mol. The Morgan fingerprint density at radius 3 is 2.92 bits per heavy atom. The van der Waals surface area contributed by atoms with Crippen molar-refractivity contribution in [3.8, 4) is 11.3 Å². The summed E-state index contributed by atoms with van der Waals surface area (Å²) < 4.78 is 1.91. The van der Waals surface area contributed by atoms with Gasteiger partial charge in [-0.3, -0.25) is 4.79 Å². The third-order valence-corrected chi connectivity index (χ3v) is 5.60. The van der Waals surface area contributed by atoms with Gasteiger partial charge in [0.2, 0.25) is 5.91 Å². The molecule has 6 nitrogen and oxygen atoms in total. The highest BCUT2D eigenvalue weighted by atomic mass is 16.2. The lowest BCUT2D eigenvalue weighted by Crippen LogP contribution is -2.46. The van der Waals surface area contributed by atoms with Crippen LogP contribution in [0, 0.1) is 12.8 Å². The standard InChI is InChI=1S/C20H21N5O/c1-13-11-22-25-16(14-6-3-2-4-7-14)10-18(23-19(13)25)24-9-5-8-15-17(24)12-21-20(15)26/h2-4,6-7,10-11,15,17H,5,8-9,12H2,1H3,(H,21,26)/t15-,17-/m1/s1. The number of hydrogen-bond acceptors (Lipinski definition) is 4. The summed E-state index contributed by atoms with van der Waals surface area (Å²) in [6.45, 7) is 3.67. The highest BCUT2D eigenvalue weighted by Gasteiger charge is 2.41. The number of rotatable bonds is 2. The molecule has 0 unspecified atom stereocenters. The molecule has 1 N–H and O–H groups in total. The topological polar surface area (TPSA) is 62.5 Å². The smallest absolute Gasteiger partial charge is 0.225 e. The first kappa shape index (κ1) is 15.4. The number of hydrogen-bond donors (Lipinski definition) is 1. The zero-order chi connectivity index (χ0) is 17.7. The fourth-order valence-corrected chi connectivity index (χ4v) is 4.26. The Labute approximate surface area is 151 Å². The normalized spacial score (nSPS) is 22.5. The molecule has 6 heteroatoms. The lowest BCUT2D eigenvalue weighted by molar-refractivity contribution is -0.122. The van der Waals surface area contributed by atoms with E-state index in [0.717, 1.165) is 47.7 Å². The van der Waals surface area contributed by atoms with E-state index in [2.05, 4.69) is 33.5 Å². The number of amides is 1. The van der Waals surface area contributed by atoms with Crippen molar-refractivity contribution in [2.24, 2.45) is 5.92 Å². The molecule has 0 aliphatic carbocycles. The first-order valence-corrected chi connectivity index (χ1v) is 9.17. The third-order valence-electron chi connectivity index (χ3n) is 5.60. The molecule has 3 aromatic rings. The molecule has 0 bridgehead atoms. The van der Waals surface area contributed by atoms with Crippen LogP contribution in [0.2, 0.25) is 0 Å². The van der Waals surface area contributed by atoms with Crippen LogP contribution >= 0.6 is 0 Å². The molecule has 1 aromatic carbocycles. The van der Waals surface area contributed by atoms with Gasteiger partial charge in [0.15, 0.2) is 5.65 Å². The number of anilines is 1. The average Bonchev–Trinajstić information content (AvgIpc) is 3.25. The van der Waals surface area contributed by atoms with Gasteiger partial charge in [0.05, 0.1) is 23.9 Å². The van der Waals surface area contributed by atoms with Crippen LogP contribution in [-0.2, 0) is 4.79 Å². The number of benzene rings is 1. The van der Waals surface area contributed by atoms with E-state index in [0.29, 0.717) is 6.54 Å². The van der Waals surface area contributed by atoms with E-state index in [1.807, 2.05) is 35.8 Å². The first-order valence-electron chi connectivity index (χ1n) is 9.17. The van der Waals surface area contributed by atoms with Gasteiger partial charge in [-0.1, -0.05) is 30.3 Å². The molecule has 2 aromatic heterocycles. The van der Waals surface area contributed by atoms with Gasteiger partial charge in [-0.15, -0.1) is 0 Å². The van der Waals surface area contributed by atoms with Crippen LogP contribution in [0.25, 0.3) is 16.9 Å². The minimum Gasteiger partial charge on any atom is -0.354 e. The number of nitrogens with one attached hydrogen (secondary N) is 1. The van der Waals surface area contributed by atoms with Crippen molar-refractivity contribution in [2.45, 2.75) is 25.8 Å². The number of carbonyl (C=O) groups is 1. The molecule has 0 saturated carbocycles. The van der Waals surface area contributed by atoms with Crippen molar-refractivity contribution in [1.82, 2.24) is 19.9 Å². The van der Waals surface area contributed by atoms with Crippen molar-refractivity contribution in [3.63, 3.8) is 0 Å². The zero-order valence-corrected chi connectivity index (χ0v) is 14.7. The van der Waals surface area contributed by atoms with Gasteiger partial charge in [0.25, 0.3) is 0 Å². The van der Waals surface area contributed by atoms with Gasteiger partial charge in [0.1, 0.15) is 5.82 Å². The monoisotopic (exact) mass is 347 g/mol. The number of aryl methyl sites for hydroxylation is 1. The van der Waals surface area contributed by atoms with E-state index in [1.165, 1.54) is 0 Å². The second-order valence-corrected chi connectivity index (χ2v) is 7.18. The number of aromatic nitrogens is 3. The minimum atomic E-state index is 0.0768. The van der Waals surface area contributed by atoms with E-state index in [1.54, 1.807) is 0 Å². The number of nitrogens with zero attached hydrogens (tertiary/aromatic N) is 4. The van der Waals surface area contributed by atoms with Gasteiger partial charge in [-0.2, -0.15) is 5.10 Å². The van der Waals surface area contributed by atoms with E-state index < -0.39 is 0 Å². The highest BCUT2D eigenvalue weighted by molar-refractivity contribution is 5.83. The van der Waals surface area contributed by atoms with Gasteiger partial charge >= 0.3 is 0 Å². The predicted molar refractivity (Wildman–Crippen MR) is 100 cm³/mol. The summed E-state index contributed by atoms with van der Waals surface area (Å²) in [6, 6.07) is 12.6. The fraction of sp³-hybridized carbons (Fsp3) is 0.350. The summed E-state index contributed by atoms with van der Waals surface area (Å²) in [7, 11) is 0. The Morgan fingerprint density at radius 2 is 2.08 bits per heavy atom. The van der Waals surface area contributed by atoms with Crippen molar-refractivity contribution in [2.75, 3.05) is 18.0 Å². The van der Waals surface area contributed by atoms with E-state index >= 15 is 0 Å². The van der Waals surface area contributed by atoms with Gasteiger partial charge < -0.3 is 10.2 Å². The summed E-state index contributed by atoms with van der Waals surface area (Å²) in [5.74, 6) is 1.20. The number of piperidine rings is 1. The summed E-state index contributed by atoms with van der Waals surface area (Å²) in [6.07, 6.45) is 3.84. The van der Waals surface area contributed by atoms with Crippen LogP contribution in [0.5, 0.6) is 0 Å². The van der Waals surface area contributed by atoms with Gasteiger partial charge in [0, 0.05) is 30.3 Å². The molecule has 2 aliphatic rings. The molecule has 2 atom stereocenters. The first-order chi connectivity index (χ1) is 12.7. The molecule has 0 spiro atoms. The Balaban J connectivity index is 1.67. The summed E-state index contributed by atoms with van der Waals surface area (Å²) in [5, 5.41) is 7.55. The minimum absolute atomic E-state index is 0.0768. The number of fused-ring (bicyclic) bond motifs is 2. The molecular formula is C20H21N5O. The molecule has 132 valence electrons. The van der Waals surface area contributed by atoms with Crippen molar-refractivity contribution >= 4 is 17.4 Å². The zero-order valence-electron chi connectivity index (χ0n) is 14.7. The second-order valence-electron chi connectivity index (χ2n) is 7.18. The van der Waals surface area contributed by atoms with Crippen LogP contribution in [0.4, 0.5) is 5.82 Å². The Bertz CT molecular complexity index is 981. The molecule has 1 amide bonds. The van der Waals surface area contributed by atoms with Crippen LogP contribution < -0.4 is 10.2 Å². The van der Waals surface area contributed by atoms with Crippen LogP contribution in [-0.4, -0.2) is 39.6 Å². The van der Waals surface area contributed by atoms with E-state index in [9.17, 15) is 4.79 Å². The average molecular weight is 347 g/mol. The maximum Gasteiger partial charge on any atom is 0.225 e. The molecule has 5 rings (SSSR count). The van der Waals surface area contributed by atoms with Crippen molar-refractivity contribution in [3.05, 3.63) is 48.2 Å². The maximum atomic E-state index is 12.1. The lowest BCUT2D eigenvalue weighted by atomic mass is 9.91. The van der Waals surface area contributed by atoms with Gasteiger partial charge in [-0.05, 0) is 19.8 Å². The molecule has 4 heterocycles. The Kier molecular flexibility index (Phi) is 3.45. The van der Waals surface area contributed by atoms with Crippen LogP contribution in [0.1, 0.15) is 18.4 Å². The Morgan fingerprint density at radius 1 is 1.23 bits per heavy atom. The van der Waals surface area contributed by atoms with Crippen molar-refractivity contribution in [1.29, 1.82) is 0 Å². The summed E-state index contributed by atoms with van der Waals surface area (Å²) in [4.78, 5) is 19.4. The molecule has 2 aliphatic heterocycles. The summed E-state index contributed by atoms with van der Waals surface area (Å²) in [5.41, 5.74) is 4.07. The number of carbonyl (C=O) groups excluding carboxylic acids is 1. The maximum absolute atomic E-state index is 12.1. The second kappa shape index (κ2) is 5.83.